The maximum Gasteiger partial charge on any atom is 0.319 e. The Labute approximate surface area is 122 Å². The van der Waals surface area contributed by atoms with Crippen molar-refractivity contribution in [2.45, 2.75) is 13.3 Å². The summed E-state index contributed by atoms with van der Waals surface area (Å²) in [6, 6.07) is 6.07. The van der Waals surface area contributed by atoms with E-state index in [1.165, 1.54) is 4.90 Å². The standard InChI is InChI=1S/C14H19N3O4/c1-3-17(2)12(18)9-15-14(21)16-11-7-5-4-6-10(11)8-13(19)20/h4-7H,3,8-9H2,1-2H3,(H,19,20)(H2,15,16,21). The van der Waals surface area contributed by atoms with Crippen molar-refractivity contribution in [1.29, 1.82) is 0 Å². The zero-order valence-electron chi connectivity index (χ0n) is 12.0. The van der Waals surface area contributed by atoms with E-state index in [-0.39, 0.29) is 18.9 Å². The maximum atomic E-state index is 11.7. The number of para-hydroxylation sites is 1. The number of rotatable bonds is 6. The first-order valence-electron chi connectivity index (χ1n) is 6.52. The fourth-order valence-electron chi connectivity index (χ4n) is 1.59. The van der Waals surface area contributed by atoms with E-state index < -0.39 is 12.0 Å². The molecule has 3 N–H and O–H groups in total. The number of carboxylic acid groups (broad SMARTS) is 1. The molecule has 114 valence electrons. The van der Waals surface area contributed by atoms with Crippen molar-refractivity contribution >= 4 is 23.6 Å². The molecule has 1 rings (SSSR count). The van der Waals surface area contributed by atoms with Crippen LogP contribution in [0.5, 0.6) is 0 Å². The fraction of sp³-hybridized carbons (Fsp3) is 0.357. The second-order valence-electron chi connectivity index (χ2n) is 4.44. The van der Waals surface area contributed by atoms with Crippen LogP contribution in [0.15, 0.2) is 24.3 Å². The molecule has 1 aromatic rings. The molecular weight excluding hydrogens is 274 g/mol. The third kappa shape index (κ3) is 5.52. The van der Waals surface area contributed by atoms with Gasteiger partial charge in [0.1, 0.15) is 0 Å². The summed E-state index contributed by atoms with van der Waals surface area (Å²) < 4.78 is 0. The molecule has 0 spiro atoms. The minimum absolute atomic E-state index is 0.114. The molecule has 21 heavy (non-hydrogen) atoms. The van der Waals surface area contributed by atoms with E-state index in [9.17, 15) is 14.4 Å². The lowest BCUT2D eigenvalue weighted by Crippen LogP contribution is -2.39. The summed E-state index contributed by atoms with van der Waals surface area (Å²) in [5.74, 6) is -1.18. The summed E-state index contributed by atoms with van der Waals surface area (Å²) in [4.78, 5) is 35.5. The summed E-state index contributed by atoms with van der Waals surface area (Å²) in [5, 5.41) is 13.8. The largest absolute Gasteiger partial charge is 0.481 e. The number of hydrogen-bond acceptors (Lipinski definition) is 3. The Bertz CT molecular complexity index is 531. The Kier molecular flexibility index (Phi) is 6.19. The predicted molar refractivity (Wildman–Crippen MR) is 78.1 cm³/mol. The molecule has 0 saturated carbocycles. The van der Waals surface area contributed by atoms with Crippen LogP contribution >= 0.6 is 0 Å². The van der Waals surface area contributed by atoms with Gasteiger partial charge in [0, 0.05) is 19.3 Å². The highest BCUT2D eigenvalue weighted by Crippen LogP contribution is 2.15. The van der Waals surface area contributed by atoms with Gasteiger partial charge in [-0.05, 0) is 18.6 Å². The van der Waals surface area contributed by atoms with E-state index in [4.69, 9.17) is 5.11 Å². The van der Waals surface area contributed by atoms with Crippen LogP contribution in [0.2, 0.25) is 0 Å². The number of carbonyl (C=O) groups excluding carboxylic acids is 2. The predicted octanol–water partition coefficient (Wildman–Crippen LogP) is 0.913. The van der Waals surface area contributed by atoms with Gasteiger partial charge in [-0.2, -0.15) is 0 Å². The number of likely N-dealkylation sites (N-methyl/N-ethyl adjacent to an activating group) is 1. The van der Waals surface area contributed by atoms with Crippen molar-refractivity contribution in [2.24, 2.45) is 0 Å². The lowest BCUT2D eigenvalue weighted by Gasteiger charge is -2.15. The summed E-state index contributed by atoms with van der Waals surface area (Å²) in [6.07, 6.45) is -0.187. The van der Waals surface area contributed by atoms with E-state index in [2.05, 4.69) is 10.6 Å². The Morgan fingerprint density at radius 3 is 2.52 bits per heavy atom. The minimum atomic E-state index is -0.982. The second kappa shape index (κ2) is 7.88. The first-order valence-corrected chi connectivity index (χ1v) is 6.52. The zero-order chi connectivity index (χ0) is 15.8. The van der Waals surface area contributed by atoms with Gasteiger partial charge in [-0.25, -0.2) is 4.79 Å². The van der Waals surface area contributed by atoms with Crippen LogP contribution in [-0.4, -0.2) is 48.1 Å². The number of carboxylic acids is 1. The zero-order valence-corrected chi connectivity index (χ0v) is 12.0. The van der Waals surface area contributed by atoms with E-state index >= 15 is 0 Å². The number of urea groups is 1. The number of nitrogens with zero attached hydrogens (tertiary/aromatic N) is 1. The van der Waals surface area contributed by atoms with Crippen LogP contribution in [0.4, 0.5) is 10.5 Å². The monoisotopic (exact) mass is 293 g/mol. The molecule has 0 aliphatic rings. The molecule has 7 heteroatoms. The number of aliphatic carboxylic acids is 1. The van der Waals surface area contributed by atoms with Crippen molar-refractivity contribution in [3.63, 3.8) is 0 Å². The van der Waals surface area contributed by atoms with Gasteiger partial charge in [-0.15, -0.1) is 0 Å². The second-order valence-corrected chi connectivity index (χ2v) is 4.44. The molecule has 0 heterocycles. The van der Waals surface area contributed by atoms with Gasteiger partial charge >= 0.3 is 12.0 Å². The highest BCUT2D eigenvalue weighted by molar-refractivity contribution is 5.93. The van der Waals surface area contributed by atoms with Gasteiger partial charge in [0.05, 0.1) is 13.0 Å². The molecule has 0 atom stereocenters. The number of nitrogens with one attached hydrogen (secondary N) is 2. The molecule has 0 saturated heterocycles. The summed E-state index contributed by atoms with van der Waals surface area (Å²) in [6.45, 7) is 2.28. The number of anilines is 1. The van der Waals surface area contributed by atoms with Crippen LogP contribution in [-0.2, 0) is 16.0 Å². The molecule has 0 aromatic heterocycles. The lowest BCUT2D eigenvalue weighted by atomic mass is 10.1. The molecule has 0 aliphatic carbocycles. The van der Waals surface area contributed by atoms with Crippen molar-refractivity contribution in [1.82, 2.24) is 10.2 Å². The highest BCUT2D eigenvalue weighted by atomic mass is 16.4. The van der Waals surface area contributed by atoms with Gasteiger partial charge < -0.3 is 20.6 Å². The van der Waals surface area contributed by atoms with E-state index in [0.29, 0.717) is 17.8 Å². The number of amides is 3. The molecule has 0 bridgehead atoms. The number of benzene rings is 1. The van der Waals surface area contributed by atoms with Crippen LogP contribution in [0.25, 0.3) is 0 Å². The Morgan fingerprint density at radius 2 is 1.90 bits per heavy atom. The van der Waals surface area contributed by atoms with E-state index in [0.717, 1.165) is 0 Å². The normalized spacial score (nSPS) is 9.81. The van der Waals surface area contributed by atoms with Gasteiger partial charge in [-0.1, -0.05) is 18.2 Å². The van der Waals surface area contributed by atoms with Crippen molar-refractivity contribution < 1.29 is 19.5 Å². The van der Waals surface area contributed by atoms with Gasteiger partial charge in [-0.3, -0.25) is 9.59 Å². The topological polar surface area (TPSA) is 98.7 Å². The summed E-state index contributed by atoms with van der Waals surface area (Å²) >= 11 is 0. The smallest absolute Gasteiger partial charge is 0.319 e. The Morgan fingerprint density at radius 1 is 1.24 bits per heavy atom. The molecule has 3 amide bonds. The average molecular weight is 293 g/mol. The third-order valence-electron chi connectivity index (χ3n) is 2.91. The van der Waals surface area contributed by atoms with Crippen LogP contribution in [0.3, 0.4) is 0 Å². The van der Waals surface area contributed by atoms with Crippen LogP contribution < -0.4 is 10.6 Å². The van der Waals surface area contributed by atoms with Crippen molar-refractivity contribution in [3.8, 4) is 0 Å². The molecule has 0 unspecified atom stereocenters. The Hall–Kier alpha value is -2.57. The molecule has 0 radical (unpaired) electrons. The van der Waals surface area contributed by atoms with Gasteiger partial charge in [0.2, 0.25) is 5.91 Å². The van der Waals surface area contributed by atoms with Gasteiger partial charge in [0.25, 0.3) is 0 Å². The summed E-state index contributed by atoms with van der Waals surface area (Å²) in [5.41, 5.74) is 0.908. The number of hydrogen-bond donors (Lipinski definition) is 3. The quantitative estimate of drug-likeness (QED) is 0.726. The SMILES string of the molecule is CCN(C)C(=O)CNC(=O)Nc1ccccc1CC(=O)O. The lowest BCUT2D eigenvalue weighted by molar-refractivity contribution is -0.136. The summed E-state index contributed by atoms with van der Waals surface area (Å²) in [7, 11) is 1.64. The maximum absolute atomic E-state index is 11.7. The average Bonchev–Trinajstić information content (AvgIpc) is 2.45. The first kappa shape index (κ1) is 16.5. The number of carbonyl (C=O) groups is 3. The molecule has 0 aliphatic heterocycles. The molecule has 7 nitrogen and oxygen atoms in total. The van der Waals surface area contributed by atoms with Crippen molar-refractivity contribution in [3.05, 3.63) is 29.8 Å². The van der Waals surface area contributed by atoms with E-state index in [1.54, 1.807) is 31.3 Å². The minimum Gasteiger partial charge on any atom is -0.481 e. The fourth-order valence-corrected chi connectivity index (χ4v) is 1.59. The van der Waals surface area contributed by atoms with Crippen LogP contribution in [0.1, 0.15) is 12.5 Å². The molecular formula is C14H19N3O4. The molecule has 0 fully saturated rings. The highest BCUT2D eigenvalue weighted by Gasteiger charge is 2.11. The Balaban J connectivity index is 2.59. The molecule has 1 aromatic carbocycles. The van der Waals surface area contributed by atoms with Crippen LogP contribution in [0, 0.1) is 0 Å². The first-order chi connectivity index (χ1) is 9.93. The van der Waals surface area contributed by atoms with Crippen molar-refractivity contribution in [2.75, 3.05) is 25.5 Å². The van der Waals surface area contributed by atoms with E-state index in [1.807, 2.05) is 6.92 Å². The van der Waals surface area contributed by atoms with Gasteiger partial charge in [0.15, 0.2) is 0 Å². The third-order valence-corrected chi connectivity index (χ3v) is 2.91.